The summed E-state index contributed by atoms with van der Waals surface area (Å²) in [6.07, 6.45) is 0. The zero-order chi connectivity index (χ0) is 9.68. The average molecular weight is 220 g/mol. The normalized spacial score (nSPS) is 19.1. The van der Waals surface area contributed by atoms with Crippen LogP contribution in [-0.4, -0.2) is 64.8 Å². The fourth-order valence-corrected chi connectivity index (χ4v) is 2.28. The van der Waals surface area contributed by atoms with Crippen molar-refractivity contribution in [1.82, 2.24) is 9.80 Å². The first-order valence-electron chi connectivity index (χ1n) is 4.45. The smallest absolute Gasteiger partial charge is 0.136 e. The van der Waals surface area contributed by atoms with Crippen molar-refractivity contribution in [2.75, 3.05) is 45.6 Å². The highest BCUT2D eigenvalue weighted by atomic mass is 32.2. The lowest BCUT2D eigenvalue weighted by Crippen LogP contribution is -2.45. The van der Waals surface area contributed by atoms with Crippen molar-refractivity contribution >= 4 is 28.3 Å². The van der Waals surface area contributed by atoms with Crippen molar-refractivity contribution < 1.29 is 5.11 Å². The van der Waals surface area contributed by atoms with Crippen LogP contribution < -0.4 is 0 Å². The topological polar surface area (TPSA) is 26.7 Å². The van der Waals surface area contributed by atoms with Gasteiger partial charge in [0.2, 0.25) is 0 Å². The monoisotopic (exact) mass is 220 g/mol. The zero-order valence-electron chi connectivity index (χ0n) is 7.90. The predicted molar refractivity (Wildman–Crippen MR) is 61.2 cm³/mol. The van der Waals surface area contributed by atoms with Gasteiger partial charge in [-0.1, -0.05) is 24.0 Å². The zero-order valence-corrected chi connectivity index (χ0v) is 9.53. The number of thioether (sulfide) groups is 1. The molecule has 0 aromatic carbocycles. The van der Waals surface area contributed by atoms with Crippen LogP contribution in [0.2, 0.25) is 0 Å². The molecule has 0 aromatic heterocycles. The Labute approximate surface area is 89.1 Å². The highest BCUT2D eigenvalue weighted by molar-refractivity contribution is 8.22. The van der Waals surface area contributed by atoms with Gasteiger partial charge in [-0.3, -0.25) is 0 Å². The Morgan fingerprint density at radius 1 is 1.38 bits per heavy atom. The molecule has 1 fully saturated rings. The molecule has 0 saturated carbocycles. The fraction of sp³-hybridized carbons (Fsp3) is 0.875. The molecule has 0 amide bonds. The molecule has 1 saturated heterocycles. The van der Waals surface area contributed by atoms with Gasteiger partial charge in [0, 0.05) is 31.9 Å². The van der Waals surface area contributed by atoms with Crippen LogP contribution in [0.15, 0.2) is 0 Å². The maximum Gasteiger partial charge on any atom is 0.136 e. The highest BCUT2D eigenvalue weighted by Gasteiger charge is 2.15. The third-order valence-corrected chi connectivity index (χ3v) is 3.58. The molecular formula is C8H16N2OS2. The number of hydrogen-bond donors (Lipinski definition) is 1. The maximum absolute atomic E-state index is 8.65. The second-order valence-electron chi connectivity index (χ2n) is 3.13. The van der Waals surface area contributed by atoms with Crippen LogP contribution in [0.5, 0.6) is 0 Å². The molecule has 13 heavy (non-hydrogen) atoms. The molecule has 0 spiro atoms. The van der Waals surface area contributed by atoms with Crippen LogP contribution in [0.4, 0.5) is 0 Å². The summed E-state index contributed by atoms with van der Waals surface area (Å²) < 4.78 is 0.933. The summed E-state index contributed by atoms with van der Waals surface area (Å²) in [7, 11) is 2.13. The van der Waals surface area contributed by atoms with E-state index in [0.29, 0.717) is 5.75 Å². The first-order chi connectivity index (χ1) is 6.24. The first kappa shape index (κ1) is 11.2. The van der Waals surface area contributed by atoms with Crippen LogP contribution in [-0.2, 0) is 0 Å². The van der Waals surface area contributed by atoms with E-state index in [1.54, 1.807) is 11.8 Å². The summed E-state index contributed by atoms with van der Waals surface area (Å²) in [6.45, 7) is 4.42. The molecule has 1 heterocycles. The summed E-state index contributed by atoms with van der Waals surface area (Å²) in [4.78, 5) is 4.52. The van der Waals surface area contributed by atoms with Gasteiger partial charge in [-0.25, -0.2) is 0 Å². The number of hydrogen-bond acceptors (Lipinski definition) is 4. The molecule has 1 rings (SSSR count). The summed E-state index contributed by atoms with van der Waals surface area (Å²) >= 11 is 6.81. The van der Waals surface area contributed by atoms with Crippen molar-refractivity contribution in [3.63, 3.8) is 0 Å². The Hall–Kier alpha value is 0.160. The first-order valence-corrected chi connectivity index (χ1v) is 5.84. The van der Waals surface area contributed by atoms with E-state index in [2.05, 4.69) is 16.8 Å². The van der Waals surface area contributed by atoms with E-state index in [-0.39, 0.29) is 6.61 Å². The van der Waals surface area contributed by atoms with Crippen LogP contribution in [0, 0.1) is 0 Å². The van der Waals surface area contributed by atoms with Gasteiger partial charge >= 0.3 is 0 Å². The summed E-state index contributed by atoms with van der Waals surface area (Å²) in [5, 5.41) is 8.65. The third-order valence-electron chi connectivity index (χ3n) is 2.08. The second kappa shape index (κ2) is 5.80. The number of piperazine rings is 1. The van der Waals surface area contributed by atoms with Crippen LogP contribution in [0.25, 0.3) is 0 Å². The van der Waals surface area contributed by atoms with Crippen molar-refractivity contribution in [3.05, 3.63) is 0 Å². The van der Waals surface area contributed by atoms with Gasteiger partial charge in [0.15, 0.2) is 0 Å². The van der Waals surface area contributed by atoms with Crippen molar-refractivity contribution in [3.8, 4) is 0 Å². The lowest BCUT2D eigenvalue weighted by molar-refractivity contribution is 0.220. The van der Waals surface area contributed by atoms with E-state index in [4.69, 9.17) is 17.3 Å². The van der Waals surface area contributed by atoms with Gasteiger partial charge in [0.05, 0.1) is 6.61 Å². The molecule has 0 aromatic rings. The quantitative estimate of drug-likeness (QED) is 0.673. The van der Waals surface area contributed by atoms with Crippen molar-refractivity contribution in [2.45, 2.75) is 0 Å². The minimum Gasteiger partial charge on any atom is -0.396 e. The van der Waals surface area contributed by atoms with Crippen LogP contribution in [0.3, 0.4) is 0 Å². The number of aliphatic hydroxyl groups excluding tert-OH is 1. The standard InChI is InChI=1S/C8H16N2OS2/c1-9-2-4-10(5-3-9)8(12)13-7-6-11/h11H,2-7H2,1H3. The van der Waals surface area contributed by atoms with Gasteiger partial charge in [0.25, 0.3) is 0 Å². The predicted octanol–water partition coefficient (Wildman–Crippen LogP) is 0.244. The van der Waals surface area contributed by atoms with Crippen molar-refractivity contribution in [1.29, 1.82) is 0 Å². The van der Waals surface area contributed by atoms with Crippen LogP contribution in [0.1, 0.15) is 0 Å². The van der Waals surface area contributed by atoms with E-state index < -0.39 is 0 Å². The largest absolute Gasteiger partial charge is 0.396 e. The number of likely N-dealkylation sites (N-methyl/N-ethyl adjacent to an activating group) is 1. The Balaban J connectivity index is 2.23. The summed E-state index contributed by atoms with van der Waals surface area (Å²) in [6, 6.07) is 0. The number of thiocarbonyl (C=S) groups is 1. The molecule has 1 aliphatic heterocycles. The van der Waals surface area contributed by atoms with Gasteiger partial charge in [-0.05, 0) is 7.05 Å². The van der Waals surface area contributed by atoms with Crippen LogP contribution >= 0.6 is 24.0 Å². The molecular weight excluding hydrogens is 204 g/mol. The second-order valence-corrected chi connectivity index (χ2v) is 4.86. The van der Waals surface area contributed by atoms with E-state index in [9.17, 15) is 0 Å². The SMILES string of the molecule is CN1CCN(C(=S)SCCO)CC1. The Morgan fingerprint density at radius 2 is 2.00 bits per heavy atom. The van der Waals surface area contributed by atoms with E-state index >= 15 is 0 Å². The van der Waals surface area contributed by atoms with E-state index in [0.717, 1.165) is 30.5 Å². The van der Waals surface area contributed by atoms with E-state index in [1.807, 2.05) is 0 Å². The molecule has 5 heteroatoms. The minimum atomic E-state index is 0.207. The summed E-state index contributed by atoms with van der Waals surface area (Å²) in [5.74, 6) is 0.713. The molecule has 0 aliphatic carbocycles. The molecule has 0 bridgehead atoms. The fourth-order valence-electron chi connectivity index (χ4n) is 1.21. The third kappa shape index (κ3) is 3.81. The van der Waals surface area contributed by atoms with Gasteiger partial charge < -0.3 is 14.9 Å². The Kier molecular flexibility index (Phi) is 5.01. The van der Waals surface area contributed by atoms with Crippen molar-refractivity contribution in [2.24, 2.45) is 0 Å². The minimum absolute atomic E-state index is 0.207. The number of aliphatic hydroxyl groups is 1. The lowest BCUT2D eigenvalue weighted by atomic mass is 10.4. The number of nitrogens with zero attached hydrogens (tertiary/aromatic N) is 2. The molecule has 0 radical (unpaired) electrons. The molecule has 1 aliphatic rings. The van der Waals surface area contributed by atoms with E-state index in [1.165, 1.54) is 0 Å². The van der Waals surface area contributed by atoms with Gasteiger partial charge in [-0.15, -0.1) is 0 Å². The van der Waals surface area contributed by atoms with Gasteiger partial charge in [0.1, 0.15) is 4.32 Å². The average Bonchev–Trinajstić information content (AvgIpc) is 2.15. The molecule has 1 N–H and O–H groups in total. The molecule has 0 atom stereocenters. The highest BCUT2D eigenvalue weighted by Crippen LogP contribution is 2.11. The van der Waals surface area contributed by atoms with Gasteiger partial charge in [-0.2, -0.15) is 0 Å². The molecule has 76 valence electrons. The lowest BCUT2D eigenvalue weighted by Gasteiger charge is -2.33. The summed E-state index contributed by atoms with van der Waals surface area (Å²) in [5.41, 5.74) is 0. The maximum atomic E-state index is 8.65. The Bertz CT molecular complexity index is 170. The number of rotatable bonds is 2. The Morgan fingerprint density at radius 3 is 2.54 bits per heavy atom. The molecule has 0 unspecified atom stereocenters. The molecule has 3 nitrogen and oxygen atoms in total.